The molecule has 0 saturated heterocycles. The lowest BCUT2D eigenvalue weighted by atomic mass is 10.1. The van der Waals surface area contributed by atoms with Crippen LogP contribution in [-0.4, -0.2) is 34.1 Å². The van der Waals surface area contributed by atoms with Crippen LogP contribution in [0.2, 0.25) is 0 Å². The number of aryl methyl sites for hydroxylation is 2. The summed E-state index contributed by atoms with van der Waals surface area (Å²) in [4.78, 5) is 15.5. The summed E-state index contributed by atoms with van der Waals surface area (Å²) in [6.07, 6.45) is 2.86. The molecule has 0 unspecified atom stereocenters. The lowest BCUT2D eigenvalue weighted by Gasteiger charge is -2.31. The average molecular weight is 490 g/mol. The van der Waals surface area contributed by atoms with Crippen molar-refractivity contribution in [3.8, 4) is 5.75 Å². The smallest absolute Gasteiger partial charge is 0.409 e. The number of anilines is 2. The predicted octanol–water partition coefficient (Wildman–Crippen LogP) is 5.89. The average Bonchev–Trinajstić information content (AvgIpc) is 2.77. The minimum atomic E-state index is -4.11. The Balaban J connectivity index is 1.94. The molecule has 176 valence electrons. The van der Waals surface area contributed by atoms with E-state index < -0.39 is 26.8 Å². The molecule has 7 nitrogen and oxygen atoms in total. The first-order valence-corrected chi connectivity index (χ1v) is 13.7. The van der Waals surface area contributed by atoms with Crippen molar-refractivity contribution in [1.82, 2.24) is 0 Å². The van der Waals surface area contributed by atoms with Crippen LogP contribution in [0.3, 0.4) is 0 Å². The molecule has 3 aromatic carbocycles. The number of benzene rings is 3. The molecule has 0 atom stereocenters. The maximum Gasteiger partial charge on any atom is 0.424 e. The van der Waals surface area contributed by atoms with E-state index in [1.807, 2.05) is 67.6 Å². The number of carbonyl (C=O) groups is 1. The molecule has 0 aliphatic rings. The van der Waals surface area contributed by atoms with Crippen LogP contribution < -0.4 is 9.64 Å². The van der Waals surface area contributed by atoms with Gasteiger partial charge in [-0.1, -0.05) is 46.7 Å². The second kappa shape index (κ2) is 9.96. The predicted molar refractivity (Wildman–Crippen MR) is 132 cm³/mol. The number of hydrogen-bond donors (Lipinski definition) is 0. The van der Waals surface area contributed by atoms with E-state index in [0.29, 0.717) is 27.6 Å². The molecular formula is C24H27NO6S2. The topological polar surface area (TPSA) is 82.1 Å². The van der Waals surface area contributed by atoms with Crippen molar-refractivity contribution in [3.05, 3.63) is 83.9 Å². The van der Waals surface area contributed by atoms with E-state index in [1.165, 1.54) is 4.90 Å². The molecule has 0 fully saturated rings. The Morgan fingerprint density at radius 2 is 1.33 bits per heavy atom. The summed E-state index contributed by atoms with van der Waals surface area (Å²) >= 11 is 0. The van der Waals surface area contributed by atoms with Crippen molar-refractivity contribution in [2.45, 2.75) is 18.7 Å². The highest BCUT2D eigenvalue weighted by Gasteiger charge is 2.28. The van der Waals surface area contributed by atoms with E-state index in [2.05, 4.69) is 4.18 Å². The third-order valence-corrected chi connectivity index (χ3v) is 8.80. The van der Waals surface area contributed by atoms with Gasteiger partial charge in [0.2, 0.25) is 0 Å². The van der Waals surface area contributed by atoms with Gasteiger partial charge in [-0.25, -0.2) is 9.69 Å². The molecule has 3 aromatic rings. The number of nitrogens with zero attached hydrogens (tertiary/aromatic N) is 1. The van der Waals surface area contributed by atoms with Gasteiger partial charge in [0, 0.05) is 4.90 Å². The summed E-state index contributed by atoms with van der Waals surface area (Å²) in [5.41, 5.74) is 2.75. The monoisotopic (exact) mass is 489 g/mol. The third kappa shape index (κ3) is 5.94. The molecule has 9 heteroatoms. The second-order valence-electron chi connectivity index (χ2n) is 7.63. The van der Waals surface area contributed by atoms with Crippen LogP contribution in [0.5, 0.6) is 5.75 Å². The van der Waals surface area contributed by atoms with Gasteiger partial charge in [-0.15, -0.1) is 0 Å². The Morgan fingerprint density at radius 1 is 0.818 bits per heavy atom. The molecule has 0 radical (unpaired) electrons. The molecule has 0 spiro atoms. The first-order chi connectivity index (χ1) is 15.5. The van der Waals surface area contributed by atoms with Crippen molar-refractivity contribution in [1.29, 1.82) is 0 Å². The molecule has 0 aliphatic heterocycles. The normalized spacial score (nSPS) is 12.3. The van der Waals surface area contributed by atoms with Crippen LogP contribution in [-0.2, 0) is 18.2 Å². The number of ether oxygens (including phenoxy) is 1. The summed E-state index contributed by atoms with van der Waals surface area (Å²) in [5.74, 6) is 0.378. The van der Waals surface area contributed by atoms with Crippen LogP contribution in [0.25, 0.3) is 0 Å². The fraction of sp³-hybridized carbons (Fsp3) is 0.208. The third-order valence-electron chi connectivity index (χ3n) is 4.87. The van der Waals surface area contributed by atoms with Crippen LogP contribution in [0, 0.1) is 13.8 Å². The Kier molecular flexibility index (Phi) is 7.48. The number of rotatable bonds is 7. The Bertz CT molecular complexity index is 1190. The summed E-state index contributed by atoms with van der Waals surface area (Å²) in [6, 6.07) is 22.0. The van der Waals surface area contributed by atoms with Crippen LogP contribution in [0.1, 0.15) is 11.1 Å². The highest BCUT2D eigenvalue weighted by Crippen LogP contribution is 2.54. The molecule has 3 rings (SSSR count). The quantitative estimate of drug-likeness (QED) is 0.412. The largest absolute Gasteiger partial charge is 0.424 e. The van der Waals surface area contributed by atoms with Gasteiger partial charge in [0.25, 0.3) is 0 Å². The molecule has 0 aliphatic carbocycles. The molecular weight excluding hydrogens is 462 g/mol. The molecule has 0 aromatic heterocycles. The lowest BCUT2D eigenvalue weighted by Crippen LogP contribution is -2.29. The molecule has 0 bridgehead atoms. The summed E-state index contributed by atoms with van der Waals surface area (Å²) in [5, 5.41) is 0. The van der Waals surface area contributed by atoms with Gasteiger partial charge in [-0.3, -0.25) is 4.18 Å². The number of amides is 1. The standard InChI is InChI=1S/C24H27NO6S2/c1-18-17-23(32(4,5)31-33(27,28)29-3)19(2)16-22(18)30-24(26)25(20-12-8-6-9-13-20)21-14-10-7-11-15-21/h6-17H,1-5H3. The fourth-order valence-electron chi connectivity index (χ4n) is 3.33. The van der Waals surface area contributed by atoms with Gasteiger partial charge in [0.1, 0.15) is 5.75 Å². The van der Waals surface area contributed by atoms with Crippen molar-refractivity contribution in [2.75, 3.05) is 24.5 Å². The van der Waals surface area contributed by atoms with Gasteiger partial charge in [0.15, 0.2) is 0 Å². The van der Waals surface area contributed by atoms with Gasteiger partial charge in [-0.2, -0.15) is 12.0 Å². The van der Waals surface area contributed by atoms with Gasteiger partial charge in [0.05, 0.1) is 18.5 Å². The zero-order valence-electron chi connectivity index (χ0n) is 19.1. The molecule has 0 heterocycles. The lowest BCUT2D eigenvalue weighted by molar-refractivity contribution is 0.210. The zero-order valence-corrected chi connectivity index (χ0v) is 20.8. The first-order valence-electron chi connectivity index (χ1n) is 10.0. The molecule has 0 N–H and O–H groups in total. The first kappa shape index (κ1) is 24.8. The second-order valence-corrected chi connectivity index (χ2v) is 12.2. The van der Waals surface area contributed by atoms with Crippen LogP contribution in [0.15, 0.2) is 77.7 Å². The highest BCUT2D eigenvalue weighted by atomic mass is 32.3. The molecule has 0 saturated carbocycles. The molecule has 33 heavy (non-hydrogen) atoms. The summed E-state index contributed by atoms with van der Waals surface area (Å²) in [6.45, 7) is 3.61. The number of hydrogen-bond acceptors (Lipinski definition) is 6. The maximum absolute atomic E-state index is 13.3. The van der Waals surface area contributed by atoms with Crippen molar-refractivity contribution >= 4 is 38.2 Å². The van der Waals surface area contributed by atoms with E-state index in [9.17, 15) is 13.2 Å². The van der Waals surface area contributed by atoms with Crippen LogP contribution >= 0.6 is 10.3 Å². The Hall–Kier alpha value is -2.85. The minimum Gasteiger partial charge on any atom is -0.409 e. The van der Waals surface area contributed by atoms with Gasteiger partial charge < -0.3 is 4.74 Å². The van der Waals surface area contributed by atoms with Gasteiger partial charge >= 0.3 is 16.5 Å². The van der Waals surface area contributed by atoms with E-state index in [1.54, 1.807) is 31.6 Å². The van der Waals surface area contributed by atoms with E-state index in [4.69, 9.17) is 8.37 Å². The van der Waals surface area contributed by atoms with E-state index >= 15 is 0 Å². The molecule has 1 amide bonds. The van der Waals surface area contributed by atoms with Crippen molar-refractivity contribution < 1.29 is 25.8 Å². The summed E-state index contributed by atoms with van der Waals surface area (Å²) < 4.78 is 39.2. The maximum atomic E-state index is 13.3. The Morgan fingerprint density at radius 3 is 1.82 bits per heavy atom. The van der Waals surface area contributed by atoms with Crippen molar-refractivity contribution in [2.24, 2.45) is 0 Å². The van der Waals surface area contributed by atoms with Gasteiger partial charge in [-0.05, 0) is 73.9 Å². The SMILES string of the molecule is COS(=O)(=O)OS(C)(C)c1cc(C)c(OC(=O)N(c2ccccc2)c2ccccc2)cc1C. The Labute approximate surface area is 196 Å². The van der Waals surface area contributed by atoms with E-state index in [-0.39, 0.29) is 0 Å². The van der Waals surface area contributed by atoms with Crippen LogP contribution in [0.4, 0.5) is 16.2 Å². The number of para-hydroxylation sites is 2. The minimum absolute atomic E-state index is 0.378. The number of carbonyl (C=O) groups excluding carboxylic acids is 1. The summed E-state index contributed by atoms with van der Waals surface area (Å²) in [7, 11) is -5.25. The van der Waals surface area contributed by atoms with Crippen molar-refractivity contribution in [3.63, 3.8) is 0 Å². The fourth-order valence-corrected chi connectivity index (χ4v) is 6.81. The van der Waals surface area contributed by atoms with E-state index in [0.717, 1.165) is 12.7 Å². The highest BCUT2D eigenvalue weighted by molar-refractivity contribution is 8.31. The zero-order chi connectivity index (χ0) is 24.2.